The first-order chi connectivity index (χ1) is 9.57. The van der Waals surface area contributed by atoms with Gasteiger partial charge in [-0.2, -0.15) is 13.2 Å². The van der Waals surface area contributed by atoms with Crippen LogP contribution in [-0.2, 0) is 16.6 Å². The van der Waals surface area contributed by atoms with Gasteiger partial charge in [0.25, 0.3) is 0 Å². The fourth-order valence-corrected chi connectivity index (χ4v) is 3.71. The molecule has 2 N–H and O–H groups in total. The molecule has 1 aromatic rings. The normalized spacial score (nSPS) is 12.7. The lowest BCUT2D eigenvalue weighted by molar-refractivity contribution is -0.121. The minimum atomic E-state index is -4.60. The Labute approximate surface area is 130 Å². The van der Waals surface area contributed by atoms with Crippen LogP contribution in [0.25, 0.3) is 0 Å². The summed E-state index contributed by atoms with van der Waals surface area (Å²) in [4.78, 5) is -0.195. The minimum absolute atomic E-state index is 0.195. The van der Waals surface area contributed by atoms with Crippen molar-refractivity contribution in [2.75, 3.05) is 13.1 Å². The highest BCUT2D eigenvalue weighted by Gasteiger charge is 2.31. The Morgan fingerprint density at radius 3 is 2.43 bits per heavy atom. The van der Waals surface area contributed by atoms with E-state index in [4.69, 9.17) is 0 Å². The van der Waals surface area contributed by atoms with Gasteiger partial charge < -0.3 is 5.32 Å². The Morgan fingerprint density at radius 1 is 1.29 bits per heavy atom. The number of rotatable bonds is 6. The van der Waals surface area contributed by atoms with Gasteiger partial charge in [0.05, 0.1) is 4.90 Å². The van der Waals surface area contributed by atoms with Gasteiger partial charge in [-0.3, -0.25) is 0 Å². The molecule has 0 bridgehead atoms. The maximum atomic E-state index is 12.2. The van der Waals surface area contributed by atoms with Gasteiger partial charge in [-0.05, 0) is 46.6 Å². The fourth-order valence-electron chi connectivity index (χ4n) is 1.63. The molecule has 0 fully saturated rings. The second-order valence-corrected chi connectivity index (χ2v) is 6.97. The monoisotopic (exact) mass is 388 g/mol. The Morgan fingerprint density at radius 2 is 1.90 bits per heavy atom. The molecule has 1 aromatic carbocycles. The molecule has 9 heteroatoms. The van der Waals surface area contributed by atoms with E-state index < -0.39 is 22.7 Å². The predicted molar refractivity (Wildman–Crippen MR) is 77.5 cm³/mol. The Kier molecular flexibility index (Phi) is 6.21. The standard InChI is InChI=1S/C12H16BrF3N2O2S/c1-3-17-6-9-4-8(2)11(13)10(5-9)21(19,20)18-7-12(14,15)16/h4-5,17-18H,3,6-7H2,1-2H3. The van der Waals surface area contributed by atoms with Crippen molar-refractivity contribution in [1.29, 1.82) is 0 Å². The molecule has 0 saturated heterocycles. The first kappa shape index (κ1) is 18.4. The molecule has 0 unspecified atom stereocenters. The predicted octanol–water partition coefficient (Wildman–Crippen LogP) is 2.71. The summed E-state index contributed by atoms with van der Waals surface area (Å²) >= 11 is 3.12. The molecular formula is C12H16BrF3N2O2S. The summed E-state index contributed by atoms with van der Waals surface area (Å²) in [6.45, 7) is 3.12. The minimum Gasteiger partial charge on any atom is -0.313 e. The highest BCUT2D eigenvalue weighted by atomic mass is 79.9. The van der Waals surface area contributed by atoms with Gasteiger partial charge in [0.2, 0.25) is 10.0 Å². The van der Waals surface area contributed by atoms with Crippen molar-refractivity contribution in [3.8, 4) is 0 Å². The van der Waals surface area contributed by atoms with Gasteiger partial charge in [-0.1, -0.05) is 13.0 Å². The molecule has 0 aliphatic rings. The van der Waals surface area contributed by atoms with Gasteiger partial charge in [0, 0.05) is 11.0 Å². The van der Waals surface area contributed by atoms with Crippen LogP contribution in [-0.4, -0.2) is 27.7 Å². The second kappa shape index (κ2) is 7.08. The van der Waals surface area contributed by atoms with Crippen molar-refractivity contribution >= 4 is 26.0 Å². The van der Waals surface area contributed by atoms with E-state index in [0.29, 0.717) is 24.2 Å². The first-order valence-corrected chi connectivity index (χ1v) is 8.40. The van der Waals surface area contributed by atoms with E-state index >= 15 is 0 Å². The molecule has 0 heterocycles. The van der Waals surface area contributed by atoms with E-state index in [1.165, 1.54) is 6.07 Å². The van der Waals surface area contributed by atoms with Crippen molar-refractivity contribution in [2.45, 2.75) is 31.5 Å². The quantitative estimate of drug-likeness (QED) is 0.787. The van der Waals surface area contributed by atoms with Crippen LogP contribution < -0.4 is 10.0 Å². The largest absolute Gasteiger partial charge is 0.402 e. The Bertz CT molecular complexity index is 603. The van der Waals surface area contributed by atoms with Crippen molar-refractivity contribution in [2.24, 2.45) is 0 Å². The molecule has 1 rings (SSSR count). The third kappa shape index (κ3) is 5.57. The smallest absolute Gasteiger partial charge is 0.313 e. The summed E-state index contributed by atoms with van der Waals surface area (Å²) < 4.78 is 62.4. The molecule has 0 saturated carbocycles. The molecule has 0 aromatic heterocycles. The van der Waals surface area contributed by atoms with Crippen LogP contribution in [0.15, 0.2) is 21.5 Å². The summed E-state index contributed by atoms with van der Waals surface area (Å²) in [6, 6.07) is 3.13. The number of aryl methyl sites for hydroxylation is 1. The van der Waals surface area contributed by atoms with Crippen LogP contribution in [0.5, 0.6) is 0 Å². The number of sulfonamides is 1. The molecule has 21 heavy (non-hydrogen) atoms. The highest BCUT2D eigenvalue weighted by Crippen LogP contribution is 2.27. The number of hydrogen-bond acceptors (Lipinski definition) is 3. The SMILES string of the molecule is CCNCc1cc(C)c(Br)c(S(=O)(=O)NCC(F)(F)F)c1. The Balaban J connectivity index is 3.12. The number of benzene rings is 1. The summed E-state index contributed by atoms with van der Waals surface area (Å²) in [5, 5.41) is 3.04. The van der Waals surface area contributed by atoms with Crippen LogP contribution in [0.2, 0.25) is 0 Å². The average Bonchev–Trinajstić information content (AvgIpc) is 2.37. The molecule has 0 radical (unpaired) electrons. The summed E-state index contributed by atoms with van der Waals surface area (Å²) in [5.41, 5.74) is 1.32. The lowest BCUT2D eigenvalue weighted by atomic mass is 10.1. The van der Waals surface area contributed by atoms with Crippen LogP contribution in [0.1, 0.15) is 18.1 Å². The maximum absolute atomic E-state index is 12.2. The molecule has 0 spiro atoms. The molecule has 120 valence electrons. The molecule has 0 atom stereocenters. The van der Waals surface area contributed by atoms with E-state index in [1.807, 2.05) is 6.92 Å². The zero-order valence-electron chi connectivity index (χ0n) is 11.5. The summed E-state index contributed by atoms with van der Waals surface area (Å²) in [7, 11) is -4.24. The van der Waals surface area contributed by atoms with Gasteiger partial charge in [0.15, 0.2) is 0 Å². The lowest BCUT2D eigenvalue weighted by Crippen LogP contribution is -2.34. The molecule has 0 aliphatic carbocycles. The van der Waals surface area contributed by atoms with Gasteiger partial charge >= 0.3 is 6.18 Å². The zero-order chi connectivity index (χ0) is 16.3. The summed E-state index contributed by atoms with van der Waals surface area (Å²) in [6.07, 6.45) is -4.60. The van der Waals surface area contributed by atoms with Crippen LogP contribution in [0.4, 0.5) is 13.2 Å². The van der Waals surface area contributed by atoms with Crippen LogP contribution in [0, 0.1) is 6.92 Å². The molecular weight excluding hydrogens is 373 g/mol. The van der Waals surface area contributed by atoms with Gasteiger partial charge in [0.1, 0.15) is 6.54 Å². The zero-order valence-corrected chi connectivity index (χ0v) is 13.9. The summed E-state index contributed by atoms with van der Waals surface area (Å²) in [5.74, 6) is 0. The Hall–Kier alpha value is -0.640. The molecule has 4 nitrogen and oxygen atoms in total. The van der Waals surface area contributed by atoms with E-state index in [0.717, 1.165) is 0 Å². The third-order valence-electron chi connectivity index (χ3n) is 2.61. The fraction of sp³-hybridized carbons (Fsp3) is 0.500. The van der Waals surface area contributed by atoms with E-state index in [2.05, 4.69) is 21.2 Å². The van der Waals surface area contributed by atoms with Crippen molar-refractivity contribution < 1.29 is 21.6 Å². The number of nitrogens with one attached hydrogen (secondary N) is 2. The third-order valence-corrected chi connectivity index (χ3v) is 5.35. The molecule has 0 amide bonds. The van der Waals surface area contributed by atoms with E-state index in [9.17, 15) is 21.6 Å². The van der Waals surface area contributed by atoms with Gasteiger partial charge in [-0.15, -0.1) is 0 Å². The number of alkyl halides is 3. The second-order valence-electron chi connectivity index (χ2n) is 4.44. The van der Waals surface area contributed by atoms with Crippen LogP contribution in [0.3, 0.4) is 0 Å². The maximum Gasteiger partial charge on any atom is 0.402 e. The van der Waals surface area contributed by atoms with Crippen molar-refractivity contribution in [1.82, 2.24) is 10.0 Å². The van der Waals surface area contributed by atoms with Crippen LogP contribution >= 0.6 is 15.9 Å². The number of halogens is 4. The first-order valence-electron chi connectivity index (χ1n) is 6.13. The number of hydrogen-bond donors (Lipinski definition) is 2. The lowest BCUT2D eigenvalue weighted by Gasteiger charge is -2.14. The van der Waals surface area contributed by atoms with Crippen molar-refractivity contribution in [3.63, 3.8) is 0 Å². The van der Waals surface area contributed by atoms with E-state index in [1.54, 1.807) is 17.7 Å². The topological polar surface area (TPSA) is 58.2 Å². The van der Waals surface area contributed by atoms with Gasteiger partial charge in [-0.25, -0.2) is 13.1 Å². The molecule has 0 aliphatic heterocycles. The van der Waals surface area contributed by atoms with E-state index in [-0.39, 0.29) is 9.37 Å². The van der Waals surface area contributed by atoms with Crippen molar-refractivity contribution in [3.05, 3.63) is 27.7 Å². The average molecular weight is 389 g/mol. The highest BCUT2D eigenvalue weighted by molar-refractivity contribution is 9.10.